The predicted molar refractivity (Wildman–Crippen MR) is 234 cm³/mol. The average molecular weight is 807 g/mol. The molecular formula is C46H81NO8P+. The summed E-state index contributed by atoms with van der Waals surface area (Å²) >= 11 is 0. The summed E-state index contributed by atoms with van der Waals surface area (Å²) in [7, 11) is 1.56. The molecule has 0 saturated heterocycles. The molecule has 0 heterocycles. The third-order valence-electron chi connectivity index (χ3n) is 8.66. The molecule has 1 unspecified atom stereocenters. The third kappa shape index (κ3) is 41.1. The summed E-state index contributed by atoms with van der Waals surface area (Å²) in [5, 5.41) is 9.48. The number of allylic oxidation sites excluding steroid dienone is 12. The van der Waals surface area contributed by atoms with Crippen molar-refractivity contribution < 1.29 is 42.4 Å². The van der Waals surface area contributed by atoms with Crippen LogP contribution in [-0.4, -0.2) is 80.2 Å². The molecule has 0 aromatic heterocycles. The Morgan fingerprint density at radius 3 is 1.80 bits per heavy atom. The van der Waals surface area contributed by atoms with Gasteiger partial charge in [0.25, 0.3) is 0 Å². The van der Waals surface area contributed by atoms with E-state index in [1.165, 1.54) is 57.8 Å². The Bertz CT molecular complexity index is 1180. The van der Waals surface area contributed by atoms with Crippen molar-refractivity contribution >= 4 is 13.8 Å². The van der Waals surface area contributed by atoms with Crippen molar-refractivity contribution in [2.24, 2.45) is 0 Å². The number of rotatable bonds is 38. The fraction of sp³-hybridized carbons (Fsp3) is 0.674. The molecule has 0 aromatic carbocycles. The van der Waals surface area contributed by atoms with Crippen LogP contribution in [0.5, 0.6) is 0 Å². The molecule has 2 N–H and O–H groups in total. The molecule has 10 heteroatoms. The second-order valence-corrected chi connectivity index (χ2v) is 16.7. The molecular weight excluding hydrogens is 725 g/mol. The van der Waals surface area contributed by atoms with Crippen molar-refractivity contribution in [1.29, 1.82) is 0 Å². The van der Waals surface area contributed by atoms with Crippen molar-refractivity contribution in [3.8, 4) is 0 Å². The van der Waals surface area contributed by atoms with Gasteiger partial charge in [0.1, 0.15) is 19.8 Å². The number of aliphatic hydroxyl groups is 1. The smallest absolute Gasteiger partial charge is 0.472 e. The van der Waals surface area contributed by atoms with E-state index in [1.807, 2.05) is 46.3 Å². The highest BCUT2D eigenvalue weighted by atomic mass is 31.2. The van der Waals surface area contributed by atoms with Crippen LogP contribution < -0.4 is 0 Å². The number of likely N-dealkylation sites (N-methyl/N-ethyl adjacent to an activating group) is 1. The first kappa shape index (κ1) is 53.5. The van der Waals surface area contributed by atoms with Gasteiger partial charge in [-0.2, -0.15) is 0 Å². The van der Waals surface area contributed by atoms with Crippen LogP contribution >= 0.6 is 7.82 Å². The van der Waals surface area contributed by atoms with Gasteiger partial charge in [0.15, 0.2) is 6.10 Å². The molecule has 0 bridgehead atoms. The van der Waals surface area contributed by atoms with E-state index >= 15 is 0 Å². The summed E-state index contributed by atoms with van der Waals surface area (Å²) in [5.41, 5.74) is 0. The van der Waals surface area contributed by atoms with E-state index in [0.717, 1.165) is 57.8 Å². The summed E-state index contributed by atoms with van der Waals surface area (Å²) in [5.74, 6) is -0.411. The van der Waals surface area contributed by atoms with Crippen molar-refractivity contribution in [2.75, 3.05) is 47.5 Å². The first-order chi connectivity index (χ1) is 27.0. The lowest BCUT2D eigenvalue weighted by Crippen LogP contribution is -2.37. The van der Waals surface area contributed by atoms with E-state index in [4.69, 9.17) is 18.5 Å². The Hall–Kier alpha value is -2.52. The maximum atomic E-state index is 12.6. The number of carbonyl (C=O) groups excluding carboxylic acids is 1. The monoisotopic (exact) mass is 807 g/mol. The SMILES string of the molecule is CCCCCCCC/C=C\CCCCCC/C=C/OC[C@H](COP(=O)(O)OCC[N+](C)(C)C)OC(=O)CCC/C=C\C/C=C\C/C=C\C/C=C\C=C\[C@H](O)CC. The van der Waals surface area contributed by atoms with Crippen LogP contribution in [0.3, 0.4) is 0 Å². The Balaban J connectivity index is 4.47. The summed E-state index contributed by atoms with van der Waals surface area (Å²) in [6.07, 6.45) is 48.1. The van der Waals surface area contributed by atoms with Crippen molar-refractivity contribution in [3.05, 3.63) is 85.3 Å². The maximum Gasteiger partial charge on any atom is 0.472 e. The first-order valence-electron chi connectivity index (χ1n) is 21.5. The molecule has 3 atom stereocenters. The van der Waals surface area contributed by atoms with Crippen LogP contribution in [0.4, 0.5) is 0 Å². The van der Waals surface area contributed by atoms with Crippen LogP contribution in [-0.2, 0) is 27.9 Å². The molecule has 0 aromatic rings. The van der Waals surface area contributed by atoms with E-state index in [2.05, 4.69) is 61.6 Å². The average Bonchev–Trinajstić information content (AvgIpc) is 3.15. The van der Waals surface area contributed by atoms with Gasteiger partial charge >= 0.3 is 13.8 Å². The molecule has 0 aliphatic heterocycles. The third-order valence-corrected chi connectivity index (χ3v) is 9.65. The normalized spacial score (nSPS) is 15.1. The van der Waals surface area contributed by atoms with Crippen molar-refractivity contribution in [3.63, 3.8) is 0 Å². The lowest BCUT2D eigenvalue weighted by atomic mass is 10.1. The molecule has 0 aliphatic rings. The summed E-state index contributed by atoms with van der Waals surface area (Å²) in [6, 6.07) is 0. The van der Waals surface area contributed by atoms with E-state index < -0.39 is 19.9 Å². The minimum Gasteiger partial charge on any atom is -0.498 e. The van der Waals surface area contributed by atoms with Gasteiger partial charge in [0.05, 0.1) is 40.1 Å². The number of ether oxygens (including phenoxy) is 2. The molecule has 9 nitrogen and oxygen atoms in total. The number of quaternary nitrogens is 1. The lowest BCUT2D eigenvalue weighted by molar-refractivity contribution is -0.870. The molecule has 0 rings (SSSR count). The van der Waals surface area contributed by atoms with E-state index in [-0.39, 0.29) is 32.3 Å². The van der Waals surface area contributed by atoms with Gasteiger partial charge < -0.3 is 24.0 Å². The number of nitrogens with zero attached hydrogens (tertiary/aromatic N) is 1. The zero-order valence-electron chi connectivity index (χ0n) is 35.9. The topological polar surface area (TPSA) is 112 Å². The number of phosphoric ester groups is 1. The lowest BCUT2D eigenvalue weighted by Gasteiger charge is -2.24. The van der Waals surface area contributed by atoms with E-state index in [1.54, 1.807) is 12.3 Å². The summed E-state index contributed by atoms with van der Waals surface area (Å²) in [6.45, 7) is 4.48. The molecule has 322 valence electrons. The van der Waals surface area contributed by atoms with Gasteiger partial charge in [-0.05, 0) is 83.1 Å². The minimum atomic E-state index is -4.32. The molecule has 0 saturated carbocycles. The highest BCUT2D eigenvalue weighted by Crippen LogP contribution is 2.43. The number of hydrogen-bond donors (Lipinski definition) is 2. The van der Waals surface area contributed by atoms with E-state index in [0.29, 0.717) is 17.4 Å². The zero-order valence-corrected chi connectivity index (χ0v) is 36.8. The Kier molecular flexibility index (Phi) is 36.3. The maximum absolute atomic E-state index is 12.6. The predicted octanol–water partition coefficient (Wildman–Crippen LogP) is 11.8. The second-order valence-electron chi connectivity index (χ2n) is 15.3. The fourth-order valence-corrected chi connectivity index (χ4v) is 5.89. The molecule has 56 heavy (non-hydrogen) atoms. The van der Waals surface area contributed by atoms with Gasteiger partial charge in [-0.1, -0.05) is 132 Å². The number of phosphoric acid groups is 1. The quantitative estimate of drug-likeness (QED) is 0.0121. The number of carbonyl (C=O) groups is 1. The highest BCUT2D eigenvalue weighted by Gasteiger charge is 2.26. The van der Waals surface area contributed by atoms with Crippen LogP contribution in [0.25, 0.3) is 0 Å². The minimum absolute atomic E-state index is 0.00568. The zero-order chi connectivity index (χ0) is 41.4. The molecule has 0 amide bonds. The van der Waals surface area contributed by atoms with Gasteiger partial charge in [0.2, 0.25) is 0 Å². The molecule has 0 fully saturated rings. The molecule has 0 radical (unpaired) electrons. The Morgan fingerprint density at radius 2 is 1.20 bits per heavy atom. The number of aliphatic hydroxyl groups excluding tert-OH is 1. The standard InChI is InChI=1S/C46H80NO8P/c1-6-8-9-10-11-12-13-14-15-18-21-24-27-30-33-36-40-52-42-45(43-54-56(50,51)53-41-39-47(3,4)5)55-46(49)38-35-32-29-26-23-20-17-16-19-22-25-28-31-34-37-44(48)7-2/h14-15,17,19-20,22,26,28-29,31,34,36-37,40,44-45,48H,6-13,16,18,21,23-25,27,30,32-33,35,38-39,41-43H2,1-5H3/p+1/b15-14-,20-17-,22-19-,29-26-,31-28-,37-34+,40-36+/t44-,45-/m1/s1. The highest BCUT2D eigenvalue weighted by molar-refractivity contribution is 7.47. The molecule has 0 aliphatic carbocycles. The first-order valence-corrected chi connectivity index (χ1v) is 23.0. The fourth-order valence-electron chi connectivity index (χ4n) is 5.15. The van der Waals surface area contributed by atoms with Crippen molar-refractivity contribution in [1.82, 2.24) is 0 Å². The van der Waals surface area contributed by atoms with Gasteiger partial charge in [-0.3, -0.25) is 13.8 Å². The largest absolute Gasteiger partial charge is 0.498 e. The number of hydrogen-bond acceptors (Lipinski definition) is 7. The summed E-state index contributed by atoms with van der Waals surface area (Å²) in [4.78, 5) is 22.8. The molecule has 0 spiro atoms. The number of unbranched alkanes of at least 4 members (excludes halogenated alkanes) is 12. The van der Waals surface area contributed by atoms with Crippen molar-refractivity contribution in [2.45, 2.75) is 154 Å². The van der Waals surface area contributed by atoms with Crippen LogP contribution in [0.1, 0.15) is 142 Å². The van der Waals surface area contributed by atoms with Crippen LogP contribution in [0, 0.1) is 0 Å². The van der Waals surface area contributed by atoms with Gasteiger partial charge in [0, 0.05) is 6.42 Å². The number of esters is 1. The second kappa shape index (κ2) is 38.0. The Morgan fingerprint density at radius 1 is 0.661 bits per heavy atom. The Labute approximate surface area is 342 Å². The van der Waals surface area contributed by atoms with Crippen LogP contribution in [0.2, 0.25) is 0 Å². The van der Waals surface area contributed by atoms with Gasteiger partial charge in [-0.25, -0.2) is 4.57 Å². The van der Waals surface area contributed by atoms with E-state index in [9.17, 15) is 19.4 Å². The summed E-state index contributed by atoms with van der Waals surface area (Å²) < 4.78 is 34.6. The van der Waals surface area contributed by atoms with Crippen LogP contribution in [0.15, 0.2) is 85.3 Å². The van der Waals surface area contributed by atoms with Gasteiger partial charge in [-0.15, -0.1) is 0 Å².